The van der Waals surface area contributed by atoms with Gasteiger partial charge in [0.05, 0.1) is 123 Å². The van der Waals surface area contributed by atoms with Gasteiger partial charge in [0.15, 0.2) is 0 Å². The van der Waals surface area contributed by atoms with E-state index < -0.39 is 26.3 Å². The lowest BCUT2D eigenvalue weighted by molar-refractivity contribution is 0.733. The number of hydrogen-bond donors (Lipinski definition) is 0. The smallest absolute Gasteiger partial charge is 0.220 e. The Balaban J connectivity index is 0.000000100. The van der Waals surface area contributed by atoms with Gasteiger partial charge in [0.25, 0.3) is 0 Å². The fourth-order valence-corrected chi connectivity index (χ4v) is 23.7. The molecule has 0 N–H and O–H groups in total. The second-order valence-corrected chi connectivity index (χ2v) is 39.1. The molecule has 26 aromatic rings. The highest BCUT2D eigenvalue weighted by atomic mass is 15.5. The summed E-state index contributed by atoms with van der Waals surface area (Å²) in [5.74, 6) is 3.35. The summed E-state index contributed by atoms with van der Waals surface area (Å²) in [5, 5.41) is 0. The van der Waals surface area contributed by atoms with Crippen LogP contribution < -0.4 is 39.2 Å². The van der Waals surface area contributed by atoms with Crippen molar-refractivity contribution >= 4 is 191 Å². The van der Waals surface area contributed by atoms with Gasteiger partial charge in [0.1, 0.15) is 35.7 Å². The first kappa shape index (κ1) is 81.9. The second kappa shape index (κ2) is 34.6. The van der Waals surface area contributed by atoms with E-state index in [1.54, 1.807) is 9.80 Å². The SMILES string of the molecule is Cc1ccccc1N1c2cc3nc4n(-c5ccccc5)c5ccccc5n4c3cc2N(c2ccccc2)[C@@H]1C.Cc1ccccc1N1c2ccc3c(nc4n(-c5ccccc5)c5ccccc5n34)c2N(c2ccccc2)[C@@H]1C.[2H]C([2H])([2H])N1c2c(ccc3c2n(-c2ccccc2)c2nc4c(C)cccc4n32)N(c2ccccc2C)[C@H]1C.[2H]C([2H])([2H])N1c2c(ccc3nc4n(-c5ccccc5)c5ccccc5n4c23)N(c2cc(C)ccc2C)[C@H]1C. The van der Waals surface area contributed by atoms with Crippen molar-refractivity contribution in [1.29, 1.82) is 0 Å². The van der Waals surface area contributed by atoms with Crippen LogP contribution >= 0.6 is 0 Å². The molecule has 720 valence electrons. The molecule has 12 heterocycles. The van der Waals surface area contributed by atoms with E-state index in [9.17, 15) is 0 Å². The molecule has 20 heteroatoms. The summed E-state index contributed by atoms with van der Waals surface area (Å²) >= 11 is 0. The molecule has 4 aliphatic rings. The van der Waals surface area contributed by atoms with Crippen LogP contribution in [0, 0.1) is 41.5 Å². The van der Waals surface area contributed by atoms with Gasteiger partial charge in [-0.15, -0.1) is 0 Å². The van der Waals surface area contributed by atoms with Gasteiger partial charge in [-0.2, -0.15) is 0 Å². The van der Waals surface area contributed by atoms with Crippen molar-refractivity contribution in [3.63, 3.8) is 0 Å². The fraction of sp³-hybridized carbons (Fsp3) is 0.125. The topological polar surface area (TPSA) is 115 Å². The van der Waals surface area contributed by atoms with Gasteiger partial charge in [0.2, 0.25) is 23.1 Å². The lowest BCUT2D eigenvalue weighted by atomic mass is 10.1. The molecule has 20 nitrogen and oxygen atoms in total. The number of benzene rings is 18. The van der Waals surface area contributed by atoms with Crippen molar-refractivity contribution in [2.45, 2.75) is 93.9 Å². The highest BCUT2D eigenvalue weighted by Gasteiger charge is 2.43. The molecule has 0 amide bonds. The second-order valence-electron chi connectivity index (χ2n) is 39.1. The van der Waals surface area contributed by atoms with Crippen molar-refractivity contribution in [1.82, 2.24) is 55.8 Å². The summed E-state index contributed by atoms with van der Waals surface area (Å²) in [7, 11) is 0. The largest absolute Gasteiger partial charge is 0.351 e. The normalized spacial score (nSPS) is 16.1. The molecule has 0 fully saturated rings. The van der Waals surface area contributed by atoms with Crippen molar-refractivity contribution in [2.24, 2.45) is 0 Å². The van der Waals surface area contributed by atoms with Crippen LogP contribution in [0.25, 0.3) is 134 Å². The quantitative estimate of drug-likeness (QED) is 0.130. The maximum absolute atomic E-state index is 8.60. The minimum atomic E-state index is -2.35. The van der Waals surface area contributed by atoms with Crippen LogP contribution in [-0.2, 0) is 0 Å². The van der Waals surface area contributed by atoms with Crippen LogP contribution in [-0.4, -0.2) is 94.4 Å². The molecule has 0 saturated heterocycles. The molecule has 0 spiro atoms. The summed E-state index contributed by atoms with van der Waals surface area (Å²) < 4.78 is 69.2. The van der Waals surface area contributed by atoms with Crippen molar-refractivity contribution in [2.75, 3.05) is 53.2 Å². The van der Waals surface area contributed by atoms with Gasteiger partial charge in [-0.1, -0.05) is 224 Å². The number of imidazole rings is 8. The molecule has 0 unspecified atom stereocenters. The molecular weight excluding hydrogens is 1820 g/mol. The molecule has 4 aliphatic heterocycles. The summed E-state index contributed by atoms with van der Waals surface area (Å²) in [5.41, 5.74) is 41.6. The van der Waals surface area contributed by atoms with Gasteiger partial charge in [0, 0.05) is 79.1 Å². The predicted octanol–water partition coefficient (Wildman–Crippen LogP) is 30.7. The van der Waals surface area contributed by atoms with E-state index in [0.29, 0.717) is 11.4 Å². The Kier molecular flexibility index (Phi) is 19.2. The molecule has 0 bridgehead atoms. The minimum absolute atomic E-state index is 0.0724. The third-order valence-corrected chi connectivity index (χ3v) is 30.5. The Morgan fingerprint density at radius 3 is 1.07 bits per heavy atom. The Morgan fingerprint density at radius 1 is 0.203 bits per heavy atom. The van der Waals surface area contributed by atoms with E-state index in [2.05, 4.69) is 442 Å². The standard InChI is InChI=1S/2C34H27N5.2C30H27N5/c1-23-13-9-10-18-28(23)37-24(2)36(25-14-5-3-6-15-25)33-22-31-27(21-32(33)37)35-34-38(26-16-7-4-8-17-26)29-19-11-12-20-30(29)39(31)34;1-23-13-9-10-18-27(23)37-24(2)36(25-14-5-3-6-15-25)33-31(37)22-21-30-32(33)35-34-38(26-16-7-4-8-17-26)28-19-11-12-20-29(28)39(30)34;1-19-11-8-9-15-23(19)33-21(3)32(4)28-25(33)17-18-26-29(28)34(22-13-6-5-7-14-22)30-31-27-20(2)12-10-16-24(27)35(26)30;1-19-14-15-20(2)27(18-19)33-21(3)32(4)29-26(33)17-16-23-28(29)35-25-13-9-8-12-24(25)34(30(35)31-23)22-10-6-5-7-11-22/h2*3-22,24H,1-2H3;2*5-18,21H,1-4H3/t2*24-;2*21-/m0000/s1/i;;2*4D3. The summed E-state index contributed by atoms with van der Waals surface area (Å²) in [6.07, 6.45) is -0.671. The van der Waals surface area contributed by atoms with Crippen LogP contribution in [0.3, 0.4) is 0 Å². The fourth-order valence-electron chi connectivity index (χ4n) is 23.7. The lowest BCUT2D eigenvalue weighted by Gasteiger charge is -2.31. The van der Waals surface area contributed by atoms with Crippen LogP contribution in [0.5, 0.6) is 0 Å². The maximum atomic E-state index is 8.60. The molecule has 8 aromatic heterocycles. The van der Waals surface area contributed by atoms with E-state index in [4.69, 9.17) is 28.2 Å². The maximum Gasteiger partial charge on any atom is 0.220 e. The van der Waals surface area contributed by atoms with Crippen molar-refractivity contribution in [3.8, 4) is 22.7 Å². The summed E-state index contributed by atoms with van der Waals surface area (Å²) in [4.78, 5) is 38.1. The summed E-state index contributed by atoms with van der Waals surface area (Å²) in [6, 6.07) is 143. The number of aryl methyl sites for hydroxylation is 6. The number of anilines is 14. The Hall–Kier alpha value is -18.6. The number of hydrogen-bond acceptors (Lipinski definition) is 12. The molecule has 148 heavy (non-hydrogen) atoms. The van der Waals surface area contributed by atoms with Gasteiger partial charge >= 0.3 is 0 Å². The Bertz CT molecular complexity index is 9930. The molecule has 0 radical (unpaired) electrons. The van der Waals surface area contributed by atoms with E-state index in [-0.39, 0.29) is 12.3 Å². The highest BCUT2D eigenvalue weighted by molar-refractivity contribution is 6.11. The molecular formula is C128H108N20. The van der Waals surface area contributed by atoms with E-state index in [1.165, 1.54) is 45.3 Å². The Labute approximate surface area is 865 Å². The Morgan fingerprint density at radius 2 is 0.547 bits per heavy atom. The van der Waals surface area contributed by atoms with Crippen LogP contribution in [0.15, 0.2) is 413 Å². The lowest BCUT2D eigenvalue weighted by Crippen LogP contribution is -2.36. The predicted molar refractivity (Wildman–Crippen MR) is 613 cm³/mol. The number of para-hydroxylation sites is 16. The van der Waals surface area contributed by atoms with E-state index in [1.807, 2.05) is 105 Å². The van der Waals surface area contributed by atoms with Gasteiger partial charge < -0.3 is 39.2 Å². The summed E-state index contributed by atoms with van der Waals surface area (Å²) in [6.45, 7) is 16.4. The van der Waals surface area contributed by atoms with Crippen LogP contribution in [0.2, 0.25) is 0 Å². The van der Waals surface area contributed by atoms with Gasteiger partial charge in [-0.25, -0.2) is 19.9 Å². The minimum Gasteiger partial charge on any atom is -0.351 e. The first-order chi connectivity index (χ1) is 74.9. The zero-order chi connectivity index (χ0) is 105. The third kappa shape index (κ3) is 13.4. The number of fused-ring (bicyclic) bond motifs is 27. The van der Waals surface area contributed by atoms with Crippen molar-refractivity contribution in [3.05, 3.63) is 446 Å². The number of aromatic nitrogens is 12. The highest BCUT2D eigenvalue weighted by Crippen LogP contribution is 2.57. The van der Waals surface area contributed by atoms with Crippen LogP contribution in [0.1, 0.15) is 69.3 Å². The van der Waals surface area contributed by atoms with E-state index in [0.717, 1.165) is 191 Å². The molecule has 18 aromatic carbocycles. The average molecular weight is 1930 g/mol. The zero-order valence-corrected chi connectivity index (χ0v) is 83.5. The average Bonchev–Trinajstić information content (AvgIpc) is 1.54. The number of rotatable bonds is 10. The monoisotopic (exact) mass is 1930 g/mol. The first-order valence-electron chi connectivity index (χ1n) is 53.7. The van der Waals surface area contributed by atoms with Crippen LogP contribution in [0.4, 0.5) is 79.6 Å². The van der Waals surface area contributed by atoms with E-state index >= 15 is 0 Å². The molecule has 4 atom stereocenters. The molecule has 30 rings (SSSR count). The van der Waals surface area contributed by atoms with Gasteiger partial charge in [-0.3, -0.25) is 35.9 Å². The molecule has 0 aliphatic carbocycles. The number of nitrogens with zero attached hydrogens (tertiary/aromatic N) is 20. The first-order valence-corrected chi connectivity index (χ1v) is 50.7. The molecule has 0 saturated carbocycles. The zero-order valence-electron chi connectivity index (χ0n) is 89.5. The van der Waals surface area contributed by atoms with Gasteiger partial charge in [-0.05, 0) is 291 Å². The van der Waals surface area contributed by atoms with Crippen molar-refractivity contribution < 1.29 is 8.22 Å². The third-order valence-electron chi connectivity index (χ3n) is 30.5.